The topological polar surface area (TPSA) is 20.2 Å². The average molecular weight is 299 g/mol. The van der Waals surface area contributed by atoms with Crippen molar-refractivity contribution in [1.29, 1.82) is 0 Å². The fourth-order valence-corrected chi connectivity index (χ4v) is 2.87. The van der Waals surface area contributed by atoms with Crippen LogP contribution in [0.1, 0.15) is 28.4 Å². The van der Waals surface area contributed by atoms with E-state index in [1.807, 2.05) is 0 Å². The zero-order valence-corrected chi connectivity index (χ0v) is 12.1. The van der Waals surface area contributed by atoms with E-state index in [1.54, 1.807) is 32.0 Å². The maximum atomic E-state index is 13.3. The molecule has 0 bridgehead atoms. The first kappa shape index (κ1) is 14.3. The summed E-state index contributed by atoms with van der Waals surface area (Å²) in [4.78, 5) is 0. The van der Waals surface area contributed by atoms with Crippen LogP contribution >= 0.6 is 23.2 Å². The van der Waals surface area contributed by atoms with Gasteiger partial charge in [0.15, 0.2) is 0 Å². The molecule has 4 heteroatoms. The second-order valence-corrected chi connectivity index (χ2v) is 5.31. The summed E-state index contributed by atoms with van der Waals surface area (Å²) in [5, 5.41) is 11.3. The summed E-state index contributed by atoms with van der Waals surface area (Å²) in [6, 6.07) is 7.82. The summed E-state index contributed by atoms with van der Waals surface area (Å²) in [5.41, 5.74) is 2.42. The van der Waals surface area contributed by atoms with Gasteiger partial charge in [-0.25, -0.2) is 4.39 Å². The summed E-state index contributed by atoms with van der Waals surface area (Å²) in [7, 11) is 0. The van der Waals surface area contributed by atoms with Crippen molar-refractivity contribution in [3.63, 3.8) is 0 Å². The fraction of sp³-hybridized carbons (Fsp3) is 0.200. The Morgan fingerprint density at radius 2 is 1.47 bits per heavy atom. The lowest BCUT2D eigenvalue weighted by Gasteiger charge is -2.19. The largest absolute Gasteiger partial charge is 0.384 e. The Morgan fingerprint density at radius 1 is 1.00 bits per heavy atom. The Hall–Kier alpha value is -1.09. The van der Waals surface area contributed by atoms with Gasteiger partial charge in [0.1, 0.15) is 11.9 Å². The van der Waals surface area contributed by atoms with Crippen LogP contribution in [-0.2, 0) is 0 Å². The van der Waals surface area contributed by atoms with Crippen LogP contribution in [0, 0.1) is 19.7 Å². The minimum Gasteiger partial charge on any atom is -0.384 e. The molecule has 1 unspecified atom stereocenters. The van der Waals surface area contributed by atoms with Crippen LogP contribution < -0.4 is 0 Å². The molecule has 0 saturated carbocycles. The maximum absolute atomic E-state index is 13.3. The van der Waals surface area contributed by atoms with E-state index in [1.165, 1.54) is 12.1 Å². The number of aliphatic hydroxyl groups excluding tert-OH is 1. The van der Waals surface area contributed by atoms with Gasteiger partial charge in [0.05, 0.1) is 0 Å². The molecule has 0 aliphatic heterocycles. The standard InChI is InChI=1S/C15H13Cl2FO/c1-8-6-10(18)7-9(2)13(8)15(19)14-11(16)4-3-5-12(14)17/h3-7,15,19H,1-2H3. The van der Waals surface area contributed by atoms with Crippen LogP contribution in [0.5, 0.6) is 0 Å². The van der Waals surface area contributed by atoms with Crippen LogP contribution in [0.2, 0.25) is 10.0 Å². The van der Waals surface area contributed by atoms with Crippen molar-refractivity contribution >= 4 is 23.2 Å². The fourth-order valence-electron chi connectivity index (χ4n) is 2.27. The second-order valence-electron chi connectivity index (χ2n) is 4.49. The zero-order chi connectivity index (χ0) is 14.2. The molecule has 0 saturated heterocycles. The first-order valence-electron chi connectivity index (χ1n) is 5.80. The molecule has 1 N–H and O–H groups in total. The molecular formula is C15H13Cl2FO. The molecule has 1 nitrogen and oxygen atoms in total. The Labute approximate surface area is 121 Å². The molecule has 1 atom stereocenters. The minimum absolute atomic E-state index is 0.323. The summed E-state index contributed by atoms with van der Waals surface area (Å²) in [6.45, 7) is 3.50. The Kier molecular flexibility index (Phi) is 4.14. The van der Waals surface area contributed by atoms with Gasteiger partial charge < -0.3 is 5.11 Å². The molecule has 2 aromatic rings. The van der Waals surface area contributed by atoms with Crippen LogP contribution in [0.25, 0.3) is 0 Å². The van der Waals surface area contributed by atoms with Gasteiger partial charge in [-0.3, -0.25) is 0 Å². The molecule has 2 rings (SSSR count). The molecule has 0 aromatic heterocycles. The van der Waals surface area contributed by atoms with Crippen molar-refractivity contribution in [2.75, 3.05) is 0 Å². The van der Waals surface area contributed by atoms with E-state index >= 15 is 0 Å². The summed E-state index contributed by atoms with van der Waals surface area (Å²) in [5.74, 6) is -0.323. The van der Waals surface area contributed by atoms with Gasteiger partial charge in [-0.15, -0.1) is 0 Å². The third-order valence-corrected chi connectivity index (χ3v) is 3.76. The van der Waals surface area contributed by atoms with E-state index in [0.717, 1.165) is 0 Å². The summed E-state index contributed by atoms with van der Waals surface area (Å²) >= 11 is 12.2. The third-order valence-electron chi connectivity index (χ3n) is 3.11. The number of aryl methyl sites for hydroxylation is 2. The Bertz CT molecular complexity index is 582. The normalized spacial score (nSPS) is 12.5. The van der Waals surface area contributed by atoms with E-state index in [9.17, 15) is 9.50 Å². The predicted octanol–water partition coefficient (Wildman–Crippen LogP) is 4.83. The number of hydrogen-bond acceptors (Lipinski definition) is 1. The average Bonchev–Trinajstić information content (AvgIpc) is 2.26. The molecule has 0 radical (unpaired) electrons. The smallest absolute Gasteiger partial charge is 0.123 e. The summed E-state index contributed by atoms with van der Waals surface area (Å²) in [6.07, 6.45) is -0.971. The Balaban J connectivity index is 2.60. The van der Waals surface area contributed by atoms with Gasteiger partial charge in [0.2, 0.25) is 0 Å². The minimum atomic E-state index is -0.971. The van der Waals surface area contributed by atoms with Crippen molar-refractivity contribution in [2.24, 2.45) is 0 Å². The van der Waals surface area contributed by atoms with Crippen LogP contribution in [0.4, 0.5) is 4.39 Å². The second kappa shape index (κ2) is 5.49. The molecular weight excluding hydrogens is 286 g/mol. The SMILES string of the molecule is Cc1cc(F)cc(C)c1C(O)c1c(Cl)cccc1Cl. The maximum Gasteiger partial charge on any atom is 0.123 e. The monoisotopic (exact) mass is 298 g/mol. The molecule has 100 valence electrons. The lowest BCUT2D eigenvalue weighted by Crippen LogP contribution is -2.06. The molecule has 0 heterocycles. The van der Waals surface area contributed by atoms with Gasteiger partial charge in [-0.05, 0) is 54.8 Å². The molecule has 0 spiro atoms. The highest BCUT2D eigenvalue weighted by atomic mass is 35.5. The highest BCUT2D eigenvalue weighted by Gasteiger charge is 2.21. The summed E-state index contributed by atoms with van der Waals surface area (Å²) < 4.78 is 13.3. The van der Waals surface area contributed by atoms with Crippen molar-refractivity contribution in [1.82, 2.24) is 0 Å². The van der Waals surface area contributed by atoms with Gasteiger partial charge in [0.25, 0.3) is 0 Å². The lowest BCUT2D eigenvalue weighted by atomic mass is 9.93. The third kappa shape index (κ3) is 2.76. The van der Waals surface area contributed by atoms with Crippen LogP contribution in [0.15, 0.2) is 30.3 Å². The molecule has 2 aromatic carbocycles. The highest BCUT2D eigenvalue weighted by molar-refractivity contribution is 6.36. The quantitative estimate of drug-likeness (QED) is 0.842. The number of halogens is 3. The molecule has 19 heavy (non-hydrogen) atoms. The molecule has 0 aliphatic rings. The van der Waals surface area contributed by atoms with Gasteiger partial charge >= 0.3 is 0 Å². The lowest BCUT2D eigenvalue weighted by molar-refractivity contribution is 0.219. The van der Waals surface area contributed by atoms with Gasteiger partial charge in [0, 0.05) is 15.6 Å². The van der Waals surface area contributed by atoms with E-state index in [0.29, 0.717) is 32.3 Å². The van der Waals surface area contributed by atoms with Crippen LogP contribution in [0.3, 0.4) is 0 Å². The van der Waals surface area contributed by atoms with Crippen molar-refractivity contribution in [3.05, 3.63) is 68.4 Å². The van der Waals surface area contributed by atoms with Crippen molar-refractivity contribution in [3.8, 4) is 0 Å². The first-order valence-corrected chi connectivity index (χ1v) is 6.56. The van der Waals surface area contributed by atoms with E-state index < -0.39 is 6.10 Å². The molecule has 0 amide bonds. The van der Waals surface area contributed by atoms with Gasteiger partial charge in [-0.2, -0.15) is 0 Å². The first-order chi connectivity index (χ1) is 8.91. The number of aliphatic hydroxyl groups is 1. The van der Waals surface area contributed by atoms with Crippen LogP contribution in [-0.4, -0.2) is 5.11 Å². The highest BCUT2D eigenvalue weighted by Crippen LogP contribution is 2.36. The zero-order valence-electron chi connectivity index (χ0n) is 10.5. The molecule has 0 aliphatic carbocycles. The van der Waals surface area contributed by atoms with E-state index in [4.69, 9.17) is 23.2 Å². The Morgan fingerprint density at radius 3 is 1.95 bits per heavy atom. The van der Waals surface area contributed by atoms with E-state index in [-0.39, 0.29) is 5.82 Å². The van der Waals surface area contributed by atoms with Crippen molar-refractivity contribution in [2.45, 2.75) is 20.0 Å². The van der Waals surface area contributed by atoms with Crippen molar-refractivity contribution < 1.29 is 9.50 Å². The van der Waals surface area contributed by atoms with E-state index in [2.05, 4.69) is 0 Å². The number of rotatable bonds is 2. The molecule has 0 fully saturated rings. The van der Waals surface area contributed by atoms with Gasteiger partial charge in [-0.1, -0.05) is 29.3 Å². The number of benzene rings is 2. The predicted molar refractivity (Wildman–Crippen MR) is 76.4 cm³/mol. The number of hydrogen-bond donors (Lipinski definition) is 1.